The van der Waals surface area contributed by atoms with Gasteiger partial charge in [0, 0.05) is 25.5 Å². The molecule has 1 aliphatic heterocycles. The molecular formula is C20H17ClF6N2O. The van der Waals surface area contributed by atoms with Crippen molar-refractivity contribution >= 4 is 17.5 Å². The third kappa shape index (κ3) is 4.89. The Morgan fingerprint density at radius 2 is 1.63 bits per heavy atom. The molecular weight excluding hydrogens is 434 g/mol. The van der Waals surface area contributed by atoms with E-state index >= 15 is 0 Å². The molecule has 2 aromatic carbocycles. The van der Waals surface area contributed by atoms with E-state index in [0.717, 1.165) is 11.1 Å². The summed E-state index contributed by atoms with van der Waals surface area (Å²) in [5.41, 5.74) is -1.48. The number of hydrogen-bond acceptors (Lipinski definition) is 2. The fourth-order valence-electron chi connectivity index (χ4n) is 3.48. The largest absolute Gasteiger partial charge is 0.416 e. The number of nitrogens with zero attached hydrogens (tertiary/aromatic N) is 1. The van der Waals surface area contributed by atoms with Gasteiger partial charge in [0.25, 0.3) is 0 Å². The van der Waals surface area contributed by atoms with Crippen molar-refractivity contribution in [3.8, 4) is 0 Å². The van der Waals surface area contributed by atoms with Crippen LogP contribution in [0, 0.1) is 0 Å². The van der Waals surface area contributed by atoms with Crippen LogP contribution in [0.3, 0.4) is 0 Å². The van der Waals surface area contributed by atoms with E-state index in [1.165, 1.54) is 0 Å². The Bertz CT molecular complexity index is 896. The number of alkyl halides is 7. The van der Waals surface area contributed by atoms with Crippen LogP contribution in [0.15, 0.2) is 42.5 Å². The van der Waals surface area contributed by atoms with Crippen molar-refractivity contribution in [2.45, 2.75) is 31.5 Å². The predicted molar refractivity (Wildman–Crippen MR) is 98.6 cm³/mol. The van der Waals surface area contributed by atoms with Gasteiger partial charge in [-0.1, -0.05) is 24.3 Å². The average molecular weight is 451 g/mol. The molecule has 0 fully saturated rings. The van der Waals surface area contributed by atoms with Gasteiger partial charge in [-0.25, -0.2) is 0 Å². The van der Waals surface area contributed by atoms with E-state index < -0.39 is 42.0 Å². The predicted octanol–water partition coefficient (Wildman–Crippen LogP) is 5.14. The molecule has 0 saturated heterocycles. The number of carbonyl (C=O) groups is 1. The number of rotatable bonds is 5. The molecule has 0 saturated carbocycles. The molecule has 1 unspecified atom stereocenters. The molecule has 1 heterocycles. The molecule has 30 heavy (non-hydrogen) atoms. The Hall–Kier alpha value is -2.26. The maximum Gasteiger partial charge on any atom is 0.416 e. The molecule has 1 N–H and O–H groups in total. The van der Waals surface area contributed by atoms with Gasteiger partial charge in [-0.2, -0.15) is 26.3 Å². The summed E-state index contributed by atoms with van der Waals surface area (Å²) in [6.45, 7) is 0.401. The molecule has 0 aromatic heterocycles. The first kappa shape index (κ1) is 22.4. The monoisotopic (exact) mass is 450 g/mol. The number of fused-ring (bicyclic) bond motifs is 1. The van der Waals surface area contributed by atoms with E-state index in [1.54, 1.807) is 17.0 Å². The molecule has 0 bridgehead atoms. The number of hydrogen-bond donors (Lipinski definition) is 1. The smallest absolute Gasteiger partial charge is 0.350 e. The zero-order valence-electron chi connectivity index (χ0n) is 15.4. The number of benzene rings is 2. The molecule has 0 aliphatic carbocycles. The summed E-state index contributed by atoms with van der Waals surface area (Å²) in [4.78, 5) is 14.6. The van der Waals surface area contributed by atoms with Crippen molar-refractivity contribution in [3.05, 3.63) is 70.3 Å². The van der Waals surface area contributed by atoms with Gasteiger partial charge >= 0.3 is 12.4 Å². The van der Waals surface area contributed by atoms with Gasteiger partial charge in [-0.15, -0.1) is 11.6 Å². The van der Waals surface area contributed by atoms with Crippen LogP contribution in [0.5, 0.6) is 0 Å². The van der Waals surface area contributed by atoms with E-state index in [9.17, 15) is 31.1 Å². The molecule has 0 radical (unpaired) electrons. The fourth-order valence-corrected chi connectivity index (χ4v) is 3.70. The Kier molecular flexibility index (Phi) is 6.33. The highest BCUT2D eigenvalue weighted by Gasteiger charge is 2.37. The zero-order valence-corrected chi connectivity index (χ0v) is 16.2. The summed E-state index contributed by atoms with van der Waals surface area (Å²) in [6, 6.07) is 7.74. The minimum absolute atomic E-state index is 0.0563. The van der Waals surface area contributed by atoms with Crippen molar-refractivity contribution in [3.63, 3.8) is 0 Å². The van der Waals surface area contributed by atoms with Crippen molar-refractivity contribution in [1.82, 2.24) is 10.2 Å². The first-order chi connectivity index (χ1) is 14.0. The van der Waals surface area contributed by atoms with Gasteiger partial charge in [-0.3, -0.25) is 9.69 Å². The van der Waals surface area contributed by atoms with Crippen molar-refractivity contribution in [1.29, 1.82) is 0 Å². The summed E-state index contributed by atoms with van der Waals surface area (Å²) < 4.78 is 78.0. The highest BCUT2D eigenvalue weighted by atomic mass is 35.5. The third-order valence-corrected chi connectivity index (χ3v) is 4.99. The molecule has 10 heteroatoms. The van der Waals surface area contributed by atoms with E-state index in [1.807, 2.05) is 12.1 Å². The fraction of sp³-hybridized carbons (Fsp3) is 0.350. The lowest BCUT2D eigenvalue weighted by Crippen LogP contribution is -2.37. The van der Waals surface area contributed by atoms with Crippen LogP contribution >= 0.6 is 11.6 Å². The maximum absolute atomic E-state index is 13.0. The van der Waals surface area contributed by atoms with E-state index in [2.05, 4.69) is 5.32 Å². The molecule has 1 amide bonds. The number of nitrogens with one attached hydrogen (secondary N) is 1. The second-order valence-corrected chi connectivity index (χ2v) is 7.27. The van der Waals surface area contributed by atoms with E-state index in [-0.39, 0.29) is 17.5 Å². The highest BCUT2D eigenvalue weighted by Crippen LogP contribution is 2.37. The summed E-state index contributed by atoms with van der Waals surface area (Å²) >= 11 is 5.80. The number of carbonyl (C=O) groups excluding carboxylic acids is 1. The maximum atomic E-state index is 13.0. The van der Waals surface area contributed by atoms with Crippen LogP contribution in [0.2, 0.25) is 0 Å². The summed E-state index contributed by atoms with van der Waals surface area (Å²) in [7, 11) is 0. The van der Waals surface area contributed by atoms with Crippen LogP contribution in [0.4, 0.5) is 26.3 Å². The zero-order chi connectivity index (χ0) is 22.1. The molecule has 0 spiro atoms. The SMILES string of the molecule is O=C(NCc1cc(C(F)(F)F)cc(C(F)(F)F)c1)C1c2ccccc2CN1CCCl. The minimum Gasteiger partial charge on any atom is -0.350 e. The van der Waals surface area contributed by atoms with Gasteiger partial charge in [0.2, 0.25) is 5.91 Å². The van der Waals surface area contributed by atoms with Gasteiger partial charge in [0.05, 0.1) is 11.1 Å². The summed E-state index contributed by atoms with van der Waals surface area (Å²) in [5, 5.41) is 2.47. The summed E-state index contributed by atoms with van der Waals surface area (Å²) in [6.07, 6.45) is -9.89. The standard InChI is InChI=1S/C20H17ClF6N2O/c21-5-6-29-11-13-3-1-2-4-16(13)17(29)18(30)28-10-12-7-14(19(22,23)24)9-15(8-12)20(25,26)27/h1-4,7-9,17H,5-6,10-11H2,(H,28,30). The molecule has 3 rings (SSSR count). The highest BCUT2D eigenvalue weighted by molar-refractivity contribution is 6.18. The first-order valence-corrected chi connectivity index (χ1v) is 9.48. The van der Waals surface area contributed by atoms with E-state index in [4.69, 9.17) is 11.6 Å². The third-order valence-electron chi connectivity index (χ3n) is 4.82. The Morgan fingerprint density at radius 1 is 1.03 bits per heavy atom. The quantitative estimate of drug-likeness (QED) is 0.505. The van der Waals surface area contributed by atoms with Crippen LogP contribution in [-0.2, 0) is 30.2 Å². The van der Waals surface area contributed by atoms with Gasteiger partial charge < -0.3 is 5.32 Å². The van der Waals surface area contributed by atoms with Crippen molar-refractivity contribution in [2.24, 2.45) is 0 Å². The van der Waals surface area contributed by atoms with Gasteiger partial charge in [-0.05, 0) is 34.9 Å². The van der Waals surface area contributed by atoms with Crippen LogP contribution in [0.1, 0.15) is 33.9 Å². The van der Waals surface area contributed by atoms with Gasteiger partial charge in [0.1, 0.15) is 6.04 Å². The summed E-state index contributed by atoms with van der Waals surface area (Å²) in [5.74, 6) is -0.253. The molecule has 162 valence electrons. The second-order valence-electron chi connectivity index (χ2n) is 6.89. The van der Waals surface area contributed by atoms with Gasteiger partial charge in [0.15, 0.2) is 0 Å². The average Bonchev–Trinajstić information content (AvgIpc) is 3.03. The first-order valence-electron chi connectivity index (χ1n) is 8.94. The lowest BCUT2D eigenvalue weighted by Gasteiger charge is -2.23. The Labute approximate surface area is 173 Å². The number of amides is 1. The second kappa shape index (κ2) is 8.47. The molecule has 1 atom stereocenters. The van der Waals surface area contributed by atoms with Crippen molar-refractivity contribution < 1.29 is 31.1 Å². The molecule has 1 aliphatic rings. The van der Waals surface area contributed by atoms with Crippen LogP contribution < -0.4 is 5.32 Å². The lowest BCUT2D eigenvalue weighted by atomic mass is 10.0. The van der Waals surface area contributed by atoms with Crippen LogP contribution in [0.25, 0.3) is 0 Å². The lowest BCUT2D eigenvalue weighted by molar-refractivity contribution is -0.143. The minimum atomic E-state index is -4.94. The van der Waals surface area contributed by atoms with E-state index in [0.29, 0.717) is 25.2 Å². The normalized spacial score (nSPS) is 17.1. The van der Waals surface area contributed by atoms with Crippen molar-refractivity contribution in [2.75, 3.05) is 12.4 Å². The topological polar surface area (TPSA) is 32.3 Å². The molecule has 2 aromatic rings. The Morgan fingerprint density at radius 3 is 2.20 bits per heavy atom. The van der Waals surface area contributed by atoms with Crippen LogP contribution in [-0.4, -0.2) is 23.2 Å². The number of halogens is 7. The molecule has 3 nitrogen and oxygen atoms in total. The Balaban J connectivity index is 1.83.